The number of rotatable bonds is 7. The van der Waals surface area contributed by atoms with Gasteiger partial charge in [0.1, 0.15) is 5.75 Å². The number of likely N-dealkylation sites (tertiary alicyclic amines) is 1. The second-order valence-electron chi connectivity index (χ2n) is 8.91. The number of sulfonamides is 1. The molecular weight excluding hydrogens is 454 g/mol. The first kappa shape index (κ1) is 24.4. The highest BCUT2D eigenvalue weighted by atomic mass is 32.2. The molecule has 0 bridgehead atoms. The number of hydrogen-bond acceptors (Lipinski definition) is 6. The van der Waals surface area contributed by atoms with Crippen LogP contribution in [0.3, 0.4) is 0 Å². The molecular formula is C25H31N3O5S. The largest absolute Gasteiger partial charge is 0.497 e. The van der Waals surface area contributed by atoms with Gasteiger partial charge in [-0.25, -0.2) is 8.42 Å². The van der Waals surface area contributed by atoms with Crippen molar-refractivity contribution < 1.29 is 22.7 Å². The Morgan fingerprint density at radius 1 is 0.971 bits per heavy atom. The molecule has 0 radical (unpaired) electrons. The van der Waals surface area contributed by atoms with Gasteiger partial charge in [0.15, 0.2) is 0 Å². The number of piperazine rings is 1. The lowest BCUT2D eigenvalue weighted by Crippen LogP contribution is -2.53. The van der Waals surface area contributed by atoms with E-state index in [0.717, 1.165) is 22.4 Å². The first-order chi connectivity index (χ1) is 16.2. The van der Waals surface area contributed by atoms with Crippen LogP contribution < -0.4 is 4.74 Å². The molecule has 1 atom stereocenters. The molecule has 8 nitrogen and oxygen atoms in total. The van der Waals surface area contributed by atoms with Crippen LogP contribution in [0.5, 0.6) is 5.75 Å². The lowest BCUT2D eigenvalue weighted by Gasteiger charge is -2.36. The molecule has 2 aliphatic heterocycles. The number of carbonyl (C=O) groups is 2. The normalized spacial score (nSPS) is 20.2. The maximum absolute atomic E-state index is 13.2. The van der Waals surface area contributed by atoms with E-state index in [1.807, 2.05) is 48.2 Å². The summed E-state index contributed by atoms with van der Waals surface area (Å²) in [6.07, 6.45) is 0.723. The molecule has 2 saturated heterocycles. The van der Waals surface area contributed by atoms with Crippen molar-refractivity contribution in [2.45, 2.75) is 37.6 Å². The van der Waals surface area contributed by atoms with Gasteiger partial charge < -0.3 is 4.74 Å². The summed E-state index contributed by atoms with van der Waals surface area (Å²) in [6, 6.07) is 12.5. The minimum Gasteiger partial charge on any atom is -0.497 e. The number of benzene rings is 2. The standard InChI is InChI=1S/C25H31N3O5S/c1-18-4-5-19(2)23(16-18)34(31,32)27-14-12-26(13-15-27)22-17-24(29)28(25(22)30)11-10-20-6-8-21(33-3)9-7-20/h4-9,16,22H,10-15,17H2,1-3H3. The van der Waals surface area contributed by atoms with Gasteiger partial charge in [-0.3, -0.25) is 19.4 Å². The van der Waals surface area contributed by atoms with E-state index in [2.05, 4.69) is 0 Å². The zero-order valence-corrected chi connectivity index (χ0v) is 20.7. The Labute approximate surface area is 201 Å². The predicted molar refractivity (Wildman–Crippen MR) is 128 cm³/mol. The highest BCUT2D eigenvalue weighted by molar-refractivity contribution is 7.89. The van der Waals surface area contributed by atoms with Crippen molar-refractivity contribution in [3.8, 4) is 5.75 Å². The number of ether oxygens (including phenoxy) is 1. The zero-order valence-electron chi connectivity index (χ0n) is 19.9. The summed E-state index contributed by atoms with van der Waals surface area (Å²) in [6.45, 7) is 5.42. The van der Waals surface area contributed by atoms with E-state index in [0.29, 0.717) is 44.0 Å². The average Bonchev–Trinajstić information content (AvgIpc) is 3.12. The molecule has 182 valence electrons. The summed E-state index contributed by atoms with van der Waals surface area (Å²) in [5.74, 6) is 0.397. The minimum absolute atomic E-state index is 0.144. The van der Waals surface area contributed by atoms with Gasteiger partial charge in [-0.1, -0.05) is 24.3 Å². The van der Waals surface area contributed by atoms with Crippen LogP contribution in [-0.4, -0.2) is 80.2 Å². The van der Waals surface area contributed by atoms with Crippen molar-refractivity contribution in [2.24, 2.45) is 0 Å². The lowest BCUT2D eigenvalue weighted by molar-refractivity contribution is -0.139. The van der Waals surface area contributed by atoms with Crippen LogP contribution in [0, 0.1) is 13.8 Å². The summed E-state index contributed by atoms with van der Waals surface area (Å²) >= 11 is 0. The van der Waals surface area contributed by atoms with E-state index >= 15 is 0 Å². The number of methoxy groups -OCH3 is 1. The van der Waals surface area contributed by atoms with Crippen molar-refractivity contribution in [1.82, 2.24) is 14.1 Å². The summed E-state index contributed by atoms with van der Waals surface area (Å²) in [7, 11) is -2.00. The maximum atomic E-state index is 13.2. The van der Waals surface area contributed by atoms with Gasteiger partial charge >= 0.3 is 0 Å². The molecule has 0 aliphatic carbocycles. The van der Waals surface area contributed by atoms with E-state index in [9.17, 15) is 18.0 Å². The first-order valence-corrected chi connectivity index (χ1v) is 12.9. The molecule has 4 rings (SSSR count). The fourth-order valence-electron chi connectivity index (χ4n) is 4.60. The molecule has 34 heavy (non-hydrogen) atoms. The Morgan fingerprint density at radius 3 is 2.29 bits per heavy atom. The quantitative estimate of drug-likeness (QED) is 0.558. The molecule has 2 fully saturated rings. The second kappa shape index (κ2) is 9.85. The third-order valence-electron chi connectivity index (χ3n) is 6.68. The van der Waals surface area contributed by atoms with Gasteiger partial charge in [0.2, 0.25) is 21.8 Å². The highest BCUT2D eigenvalue weighted by Crippen LogP contribution is 2.25. The fourth-order valence-corrected chi connectivity index (χ4v) is 6.33. The molecule has 0 saturated carbocycles. The third-order valence-corrected chi connectivity index (χ3v) is 8.72. The molecule has 2 aromatic rings. The van der Waals surface area contributed by atoms with E-state index in [1.165, 1.54) is 9.21 Å². The molecule has 0 spiro atoms. The third kappa shape index (κ3) is 4.87. The number of amides is 2. The van der Waals surface area contributed by atoms with Crippen LogP contribution in [0.15, 0.2) is 47.4 Å². The van der Waals surface area contributed by atoms with Crippen molar-refractivity contribution in [3.63, 3.8) is 0 Å². The molecule has 0 N–H and O–H groups in total. The monoisotopic (exact) mass is 485 g/mol. The van der Waals surface area contributed by atoms with Crippen LogP contribution in [0.2, 0.25) is 0 Å². The Balaban J connectivity index is 1.36. The van der Waals surface area contributed by atoms with Crippen LogP contribution in [0.1, 0.15) is 23.1 Å². The minimum atomic E-state index is -3.61. The van der Waals surface area contributed by atoms with E-state index in [1.54, 1.807) is 20.1 Å². The first-order valence-electron chi connectivity index (χ1n) is 11.5. The number of aryl methyl sites for hydroxylation is 2. The number of hydrogen-bond donors (Lipinski definition) is 0. The molecule has 2 heterocycles. The Hall–Kier alpha value is -2.75. The predicted octanol–water partition coefficient (Wildman–Crippen LogP) is 1.99. The second-order valence-corrected chi connectivity index (χ2v) is 10.8. The maximum Gasteiger partial charge on any atom is 0.247 e. The van der Waals surface area contributed by atoms with Gasteiger partial charge in [-0.15, -0.1) is 0 Å². The van der Waals surface area contributed by atoms with Gasteiger partial charge in [-0.2, -0.15) is 4.31 Å². The molecule has 1 unspecified atom stereocenters. The highest BCUT2D eigenvalue weighted by Gasteiger charge is 2.43. The number of nitrogens with zero attached hydrogens (tertiary/aromatic N) is 3. The Kier molecular flexibility index (Phi) is 7.06. The molecule has 0 aromatic heterocycles. The number of carbonyl (C=O) groups excluding carboxylic acids is 2. The average molecular weight is 486 g/mol. The topological polar surface area (TPSA) is 87.2 Å². The van der Waals surface area contributed by atoms with Crippen LogP contribution in [0.4, 0.5) is 0 Å². The van der Waals surface area contributed by atoms with Crippen molar-refractivity contribution in [1.29, 1.82) is 0 Å². The summed E-state index contributed by atoms with van der Waals surface area (Å²) in [5.41, 5.74) is 2.64. The van der Waals surface area contributed by atoms with E-state index in [4.69, 9.17) is 4.74 Å². The summed E-state index contributed by atoms with van der Waals surface area (Å²) in [4.78, 5) is 29.2. The molecule has 2 aromatic carbocycles. The molecule has 9 heteroatoms. The summed E-state index contributed by atoms with van der Waals surface area (Å²) < 4.78 is 33.0. The van der Waals surface area contributed by atoms with Crippen molar-refractivity contribution in [2.75, 3.05) is 39.8 Å². The SMILES string of the molecule is COc1ccc(CCN2C(=O)CC(N3CCN(S(=O)(=O)c4cc(C)ccc4C)CC3)C2=O)cc1. The van der Waals surface area contributed by atoms with Gasteiger partial charge in [0, 0.05) is 32.7 Å². The van der Waals surface area contributed by atoms with Gasteiger partial charge in [0.25, 0.3) is 0 Å². The van der Waals surface area contributed by atoms with Crippen LogP contribution in [0.25, 0.3) is 0 Å². The van der Waals surface area contributed by atoms with Crippen LogP contribution >= 0.6 is 0 Å². The Bertz CT molecular complexity index is 1170. The van der Waals surface area contributed by atoms with Gasteiger partial charge in [-0.05, 0) is 55.2 Å². The lowest BCUT2D eigenvalue weighted by atomic mass is 10.1. The summed E-state index contributed by atoms with van der Waals surface area (Å²) in [5, 5.41) is 0. The smallest absolute Gasteiger partial charge is 0.247 e. The zero-order chi connectivity index (χ0) is 24.5. The van der Waals surface area contributed by atoms with E-state index in [-0.39, 0.29) is 18.2 Å². The van der Waals surface area contributed by atoms with Crippen LogP contribution in [-0.2, 0) is 26.0 Å². The fraction of sp³-hybridized carbons (Fsp3) is 0.440. The molecule has 2 amide bonds. The van der Waals surface area contributed by atoms with Crippen molar-refractivity contribution >= 4 is 21.8 Å². The van der Waals surface area contributed by atoms with Gasteiger partial charge in [0.05, 0.1) is 24.5 Å². The Morgan fingerprint density at radius 2 is 1.65 bits per heavy atom. The van der Waals surface area contributed by atoms with Crippen molar-refractivity contribution in [3.05, 3.63) is 59.2 Å². The number of imide groups is 1. The molecule has 2 aliphatic rings. The van der Waals surface area contributed by atoms with E-state index < -0.39 is 16.1 Å².